The number of piperidine rings is 1. The predicted octanol–water partition coefficient (Wildman–Crippen LogP) is 1.90. The fraction of sp³-hybridized carbons (Fsp3) is 0.400. The molecule has 2 aromatic rings. The molecule has 2 N–H and O–H groups in total. The Bertz CT molecular complexity index is 699. The summed E-state index contributed by atoms with van der Waals surface area (Å²) in [6.45, 7) is 3.18. The maximum Gasteiger partial charge on any atom is 0.276 e. The van der Waals surface area contributed by atoms with Gasteiger partial charge < -0.3 is 10.6 Å². The van der Waals surface area contributed by atoms with Gasteiger partial charge in [0, 0.05) is 23.6 Å². The quantitative estimate of drug-likeness (QED) is 0.883. The molecule has 116 valence electrons. The number of likely N-dealkylation sites (tertiary alicyclic amines) is 1. The molecule has 0 saturated carbocycles. The Balaban J connectivity index is 1.88. The first-order chi connectivity index (χ1) is 10.6. The van der Waals surface area contributed by atoms with E-state index in [-0.39, 0.29) is 11.9 Å². The summed E-state index contributed by atoms with van der Waals surface area (Å²) in [6.07, 6.45) is 1.90. The van der Waals surface area contributed by atoms with E-state index in [0.29, 0.717) is 12.2 Å². The van der Waals surface area contributed by atoms with E-state index >= 15 is 0 Å². The molecule has 1 saturated heterocycles. The third kappa shape index (κ3) is 2.91. The van der Waals surface area contributed by atoms with Crippen LogP contribution in [0.4, 0.5) is 0 Å². The predicted molar refractivity (Wildman–Crippen MR) is 86.9 cm³/mol. The molecule has 1 aliphatic rings. The summed E-state index contributed by atoms with van der Waals surface area (Å²) in [6, 6.07) is 7.78. The topological polar surface area (TPSA) is 77.0 Å². The molecule has 1 aromatic carbocycles. The number of amides is 1. The monoisotopic (exact) mass is 363 g/mol. The number of carbonyl (C=O) groups is 1. The van der Waals surface area contributed by atoms with Gasteiger partial charge in [0.1, 0.15) is 0 Å². The molecule has 22 heavy (non-hydrogen) atoms. The van der Waals surface area contributed by atoms with E-state index < -0.39 is 0 Å². The molecule has 0 spiro atoms. The fourth-order valence-electron chi connectivity index (χ4n) is 2.72. The molecule has 7 heteroatoms. The first-order valence-electron chi connectivity index (χ1n) is 7.29. The molecule has 0 radical (unpaired) electrons. The zero-order chi connectivity index (χ0) is 15.7. The third-order valence-electron chi connectivity index (χ3n) is 3.89. The van der Waals surface area contributed by atoms with Gasteiger partial charge in [-0.25, -0.2) is 4.68 Å². The molecule has 1 fully saturated rings. The summed E-state index contributed by atoms with van der Waals surface area (Å²) in [4.78, 5) is 14.4. The fourth-order valence-corrected chi connectivity index (χ4v) is 3.11. The Labute approximate surface area is 137 Å². The largest absolute Gasteiger partial charge is 0.336 e. The van der Waals surface area contributed by atoms with Crippen LogP contribution >= 0.6 is 15.9 Å². The lowest BCUT2D eigenvalue weighted by molar-refractivity contribution is 0.0702. The van der Waals surface area contributed by atoms with Crippen LogP contribution < -0.4 is 5.73 Å². The van der Waals surface area contributed by atoms with Gasteiger partial charge in [0.2, 0.25) is 0 Å². The summed E-state index contributed by atoms with van der Waals surface area (Å²) < 4.78 is 2.64. The minimum absolute atomic E-state index is 0.0538. The smallest absolute Gasteiger partial charge is 0.276 e. The first kappa shape index (κ1) is 15.2. The molecule has 3 rings (SSSR count). The molecule has 1 unspecified atom stereocenters. The van der Waals surface area contributed by atoms with Crippen molar-refractivity contribution in [1.29, 1.82) is 0 Å². The Morgan fingerprint density at radius 1 is 1.45 bits per heavy atom. The van der Waals surface area contributed by atoms with Crippen LogP contribution in [0.5, 0.6) is 0 Å². The van der Waals surface area contributed by atoms with Crippen molar-refractivity contribution in [3.05, 3.63) is 40.1 Å². The molecule has 1 aliphatic heterocycles. The van der Waals surface area contributed by atoms with E-state index in [1.54, 1.807) is 9.58 Å². The summed E-state index contributed by atoms with van der Waals surface area (Å²) >= 11 is 3.44. The van der Waals surface area contributed by atoms with Crippen LogP contribution in [-0.2, 0) is 0 Å². The summed E-state index contributed by atoms with van der Waals surface area (Å²) in [7, 11) is 0. The van der Waals surface area contributed by atoms with Crippen LogP contribution in [0.25, 0.3) is 5.69 Å². The number of benzene rings is 1. The average Bonchev–Trinajstić information content (AvgIpc) is 2.88. The number of halogens is 1. The van der Waals surface area contributed by atoms with E-state index in [2.05, 4.69) is 26.2 Å². The van der Waals surface area contributed by atoms with Crippen LogP contribution in [0, 0.1) is 6.92 Å². The lowest BCUT2D eigenvalue weighted by atomic mass is 10.1. The van der Waals surface area contributed by atoms with E-state index in [1.807, 2.05) is 31.2 Å². The standard InChI is InChI=1S/C15H18BrN5O/c1-10-14(15(22)20-7-3-5-12(17)9-20)18-19-21(10)13-6-2-4-11(16)8-13/h2,4,6,8,12H,3,5,7,9,17H2,1H3. The van der Waals surface area contributed by atoms with Crippen molar-refractivity contribution in [3.63, 3.8) is 0 Å². The third-order valence-corrected chi connectivity index (χ3v) is 4.39. The van der Waals surface area contributed by atoms with Gasteiger partial charge in [-0.05, 0) is 38.0 Å². The van der Waals surface area contributed by atoms with Crippen molar-refractivity contribution in [3.8, 4) is 5.69 Å². The second-order valence-corrected chi connectivity index (χ2v) is 6.48. The Kier molecular flexibility index (Phi) is 4.26. The van der Waals surface area contributed by atoms with Crippen LogP contribution in [0.15, 0.2) is 28.7 Å². The van der Waals surface area contributed by atoms with Crippen molar-refractivity contribution >= 4 is 21.8 Å². The zero-order valence-electron chi connectivity index (χ0n) is 12.4. The Morgan fingerprint density at radius 3 is 3.00 bits per heavy atom. The van der Waals surface area contributed by atoms with E-state index in [4.69, 9.17) is 5.73 Å². The average molecular weight is 364 g/mol. The number of aromatic nitrogens is 3. The van der Waals surface area contributed by atoms with Crippen molar-refractivity contribution in [2.75, 3.05) is 13.1 Å². The normalized spacial score (nSPS) is 18.5. The second-order valence-electron chi connectivity index (χ2n) is 5.57. The lowest BCUT2D eigenvalue weighted by Crippen LogP contribution is -2.46. The highest BCUT2D eigenvalue weighted by molar-refractivity contribution is 9.10. The van der Waals surface area contributed by atoms with Gasteiger partial charge in [0.05, 0.1) is 11.4 Å². The van der Waals surface area contributed by atoms with Crippen LogP contribution in [0.2, 0.25) is 0 Å². The van der Waals surface area contributed by atoms with Crippen molar-refractivity contribution < 1.29 is 4.79 Å². The summed E-state index contributed by atoms with van der Waals surface area (Å²) in [5.74, 6) is -0.0890. The zero-order valence-corrected chi connectivity index (χ0v) is 14.0. The number of nitrogens with zero attached hydrogens (tertiary/aromatic N) is 4. The maximum absolute atomic E-state index is 12.6. The minimum atomic E-state index is -0.0890. The molecular formula is C15H18BrN5O. The van der Waals surface area contributed by atoms with Crippen molar-refractivity contribution in [2.45, 2.75) is 25.8 Å². The molecule has 0 aliphatic carbocycles. The minimum Gasteiger partial charge on any atom is -0.336 e. The van der Waals surface area contributed by atoms with Crippen LogP contribution in [-0.4, -0.2) is 44.9 Å². The maximum atomic E-state index is 12.6. The molecule has 2 heterocycles. The van der Waals surface area contributed by atoms with Gasteiger partial charge in [-0.2, -0.15) is 0 Å². The number of hydrogen-bond acceptors (Lipinski definition) is 4. The highest BCUT2D eigenvalue weighted by Crippen LogP contribution is 2.19. The molecular weight excluding hydrogens is 346 g/mol. The van der Waals surface area contributed by atoms with Gasteiger partial charge in [-0.1, -0.05) is 27.2 Å². The number of rotatable bonds is 2. The van der Waals surface area contributed by atoms with Gasteiger partial charge in [-0.15, -0.1) is 5.10 Å². The number of carbonyl (C=O) groups excluding carboxylic acids is 1. The molecule has 6 nitrogen and oxygen atoms in total. The van der Waals surface area contributed by atoms with Crippen molar-refractivity contribution in [1.82, 2.24) is 19.9 Å². The highest BCUT2D eigenvalue weighted by Gasteiger charge is 2.26. The van der Waals surface area contributed by atoms with Gasteiger partial charge in [0.15, 0.2) is 5.69 Å². The van der Waals surface area contributed by atoms with Gasteiger partial charge in [0.25, 0.3) is 5.91 Å². The van der Waals surface area contributed by atoms with E-state index in [0.717, 1.165) is 35.2 Å². The summed E-state index contributed by atoms with van der Waals surface area (Å²) in [5.41, 5.74) is 7.96. The molecule has 1 aromatic heterocycles. The molecule has 1 atom stereocenters. The highest BCUT2D eigenvalue weighted by atomic mass is 79.9. The molecule has 0 bridgehead atoms. The van der Waals surface area contributed by atoms with Crippen LogP contribution in [0.1, 0.15) is 29.0 Å². The lowest BCUT2D eigenvalue weighted by Gasteiger charge is -2.30. The number of nitrogens with two attached hydrogens (primary N) is 1. The SMILES string of the molecule is Cc1c(C(=O)N2CCCC(N)C2)nnn1-c1cccc(Br)c1. The first-order valence-corrected chi connectivity index (χ1v) is 8.08. The Hall–Kier alpha value is -1.73. The van der Waals surface area contributed by atoms with Gasteiger partial charge >= 0.3 is 0 Å². The molecule has 1 amide bonds. The van der Waals surface area contributed by atoms with Gasteiger partial charge in [-0.3, -0.25) is 4.79 Å². The van der Waals surface area contributed by atoms with Crippen LogP contribution in [0.3, 0.4) is 0 Å². The van der Waals surface area contributed by atoms with E-state index in [9.17, 15) is 4.79 Å². The van der Waals surface area contributed by atoms with Crippen molar-refractivity contribution in [2.24, 2.45) is 5.73 Å². The Morgan fingerprint density at radius 2 is 2.27 bits per heavy atom. The second kappa shape index (κ2) is 6.18. The number of hydrogen-bond donors (Lipinski definition) is 1. The van der Waals surface area contributed by atoms with E-state index in [1.165, 1.54) is 0 Å². The summed E-state index contributed by atoms with van der Waals surface area (Å²) in [5, 5.41) is 8.22.